The Labute approximate surface area is 93.1 Å². The summed E-state index contributed by atoms with van der Waals surface area (Å²) < 4.78 is 0. The highest BCUT2D eigenvalue weighted by Gasteiger charge is 2.19. The number of nitrogens with two attached hydrogens (primary N) is 1. The highest BCUT2D eigenvalue weighted by Crippen LogP contribution is 2.17. The van der Waals surface area contributed by atoms with Crippen molar-refractivity contribution in [2.24, 2.45) is 0 Å². The normalized spacial score (nSPS) is 12.5. The first kappa shape index (κ1) is 11.9. The Morgan fingerprint density at radius 1 is 1.73 bits per heavy atom. The van der Waals surface area contributed by atoms with Crippen molar-refractivity contribution < 1.29 is 9.90 Å². The Kier molecular flexibility index (Phi) is 4.05. The topological polar surface area (TPSA) is 76.2 Å². The van der Waals surface area contributed by atoms with Crippen LogP contribution in [-0.2, 0) is 0 Å². The number of aromatic nitrogens is 1. The smallest absolute Gasteiger partial charge is 0.195 e. The fourth-order valence-electron chi connectivity index (χ4n) is 1.23. The number of anilines is 1. The van der Waals surface area contributed by atoms with Crippen molar-refractivity contribution in [2.45, 2.75) is 25.9 Å². The SMILES string of the molecule is CCCC(O)C(=O)c1cc(Cl)cnc1N. The van der Waals surface area contributed by atoms with E-state index in [1.165, 1.54) is 12.3 Å². The summed E-state index contributed by atoms with van der Waals surface area (Å²) in [7, 11) is 0. The molecule has 0 aliphatic heterocycles. The number of pyridine rings is 1. The van der Waals surface area contributed by atoms with E-state index in [0.29, 0.717) is 11.4 Å². The summed E-state index contributed by atoms with van der Waals surface area (Å²) in [5.41, 5.74) is 5.71. The Balaban J connectivity index is 2.95. The van der Waals surface area contributed by atoms with Gasteiger partial charge in [-0.1, -0.05) is 24.9 Å². The highest BCUT2D eigenvalue weighted by atomic mass is 35.5. The number of rotatable bonds is 4. The van der Waals surface area contributed by atoms with Gasteiger partial charge in [-0.3, -0.25) is 4.79 Å². The summed E-state index contributed by atoms with van der Waals surface area (Å²) in [6, 6.07) is 1.42. The first-order valence-corrected chi connectivity index (χ1v) is 5.07. The molecule has 1 aromatic heterocycles. The number of carbonyl (C=O) groups is 1. The fraction of sp³-hybridized carbons (Fsp3) is 0.400. The van der Waals surface area contributed by atoms with Gasteiger partial charge in [-0.25, -0.2) is 4.98 Å². The third kappa shape index (κ3) is 2.91. The molecule has 0 saturated carbocycles. The molecule has 5 heteroatoms. The van der Waals surface area contributed by atoms with E-state index < -0.39 is 11.9 Å². The Morgan fingerprint density at radius 3 is 3.00 bits per heavy atom. The van der Waals surface area contributed by atoms with Crippen molar-refractivity contribution in [3.05, 3.63) is 22.8 Å². The zero-order valence-electron chi connectivity index (χ0n) is 8.40. The minimum Gasteiger partial charge on any atom is -0.385 e. The summed E-state index contributed by atoms with van der Waals surface area (Å²) in [5.74, 6) is -0.330. The minimum absolute atomic E-state index is 0.0968. The van der Waals surface area contributed by atoms with Crippen LogP contribution in [0.4, 0.5) is 5.82 Å². The number of hydrogen-bond donors (Lipinski definition) is 2. The molecule has 0 bridgehead atoms. The molecule has 0 amide bonds. The van der Waals surface area contributed by atoms with Crippen LogP contribution in [0.1, 0.15) is 30.1 Å². The van der Waals surface area contributed by atoms with Gasteiger partial charge in [0.15, 0.2) is 5.78 Å². The maximum atomic E-state index is 11.7. The number of nitrogens with zero attached hydrogens (tertiary/aromatic N) is 1. The quantitative estimate of drug-likeness (QED) is 0.769. The summed E-state index contributed by atoms with van der Waals surface area (Å²) in [6.45, 7) is 1.88. The van der Waals surface area contributed by atoms with E-state index in [9.17, 15) is 9.90 Å². The van der Waals surface area contributed by atoms with Gasteiger partial charge < -0.3 is 10.8 Å². The molecule has 1 aromatic rings. The number of aliphatic hydroxyl groups is 1. The first-order chi connectivity index (χ1) is 7.06. The van der Waals surface area contributed by atoms with Gasteiger partial charge in [0.25, 0.3) is 0 Å². The number of aliphatic hydroxyl groups excluding tert-OH is 1. The molecule has 0 radical (unpaired) electrons. The van der Waals surface area contributed by atoms with E-state index >= 15 is 0 Å². The van der Waals surface area contributed by atoms with Crippen LogP contribution in [0.5, 0.6) is 0 Å². The van der Waals surface area contributed by atoms with E-state index in [0.717, 1.165) is 6.42 Å². The summed E-state index contributed by atoms with van der Waals surface area (Å²) >= 11 is 5.69. The molecule has 1 unspecified atom stereocenters. The van der Waals surface area contributed by atoms with E-state index in [-0.39, 0.29) is 11.4 Å². The Hall–Kier alpha value is -1.13. The number of ketones is 1. The van der Waals surface area contributed by atoms with Crippen molar-refractivity contribution in [3.63, 3.8) is 0 Å². The van der Waals surface area contributed by atoms with Gasteiger partial charge >= 0.3 is 0 Å². The molecule has 0 fully saturated rings. The summed E-state index contributed by atoms with van der Waals surface area (Å²) in [4.78, 5) is 15.4. The third-order valence-corrected chi connectivity index (χ3v) is 2.22. The zero-order chi connectivity index (χ0) is 11.4. The van der Waals surface area contributed by atoms with E-state index in [1.54, 1.807) is 0 Å². The fourth-order valence-corrected chi connectivity index (χ4v) is 1.39. The summed E-state index contributed by atoms with van der Waals surface area (Å²) in [6.07, 6.45) is 1.46. The third-order valence-electron chi connectivity index (χ3n) is 2.02. The van der Waals surface area contributed by atoms with Crippen molar-refractivity contribution in [2.75, 3.05) is 5.73 Å². The molecule has 1 atom stereocenters. The second-order valence-electron chi connectivity index (χ2n) is 3.26. The molecule has 0 aliphatic rings. The monoisotopic (exact) mass is 228 g/mol. The molecule has 15 heavy (non-hydrogen) atoms. The van der Waals surface area contributed by atoms with Crippen LogP contribution < -0.4 is 5.73 Å². The van der Waals surface area contributed by atoms with Gasteiger partial charge in [0.05, 0.1) is 10.6 Å². The predicted molar refractivity (Wildman–Crippen MR) is 58.9 cm³/mol. The van der Waals surface area contributed by atoms with E-state index in [1.807, 2.05) is 6.92 Å². The van der Waals surface area contributed by atoms with Crippen LogP contribution >= 0.6 is 11.6 Å². The average molecular weight is 229 g/mol. The van der Waals surface area contributed by atoms with Crippen molar-refractivity contribution in [1.82, 2.24) is 4.98 Å². The van der Waals surface area contributed by atoms with E-state index in [2.05, 4.69) is 4.98 Å². The Morgan fingerprint density at radius 2 is 2.40 bits per heavy atom. The molecule has 0 spiro atoms. The number of nitrogen functional groups attached to an aromatic ring is 1. The molecule has 0 aliphatic carbocycles. The standard InChI is InChI=1S/C10H13ClN2O2/c1-2-3-8(14)9(15)7-4-6(11)5-13-10(7)12/h4-5,8,14H,2-3H2,1H3,(H2,12,13). The van der Waals surface area contributed by atoms with Gasteiger partial charge in [-0.2, -0.15) is 0 Å². The van der Waals surface area contributed by atoms with Gasteiger partial charge in [-0.05, 0) is 12.5 Å². The molecule has 0 aromatic carbocycles. The lowest BCUT2D eigenvalue weighted by Crippen LogP contribution is -2.21. The minimum atomic E-state index is -1.03. The molecular formula is C10H13ClN2O2. The molecule has 1 rings (SSSR count). The second-order valence-corrected chi connectivity index (χ2v) is 3.69. The summed E-state index contributed by atoms with van der Waals surface area (Å²) in [5, 5.41) is 9.84. The lowest BCUT2D eigenvalue weighted by atomic mass is 10.0. The van der Waals surface area contributed by atoms with Crippen LogP contribution in [-0.4, -0.2) is 22.0 Å². The second kappa shape index (κ2) is 5.09. The molecule has 3 N–H and O–H groups in total. The van der Waals surface area contributed by atoms with E-state index in [4.69, 9.17) is 17.3 Å². The van der Waals surface area contributed by atoms with Gasteiger partial charge in [-0.15, -0.1) is 0 Å². The van der Waals surface area contributed by atoms with Crippen LogP contribution in [0.25, 0.3) is 0 Å². The van der Waals surface area contributed by atoms with Crippen molar-refractivity contribution >= 4 is 23.2 Å². The predicted octanol–water partition coefficient (Wildman–Crippen LogP) is 1.66. The molecule has 82 valence electrons. The van der Waals surface area contributed by atoms with Crippen LogP contribution in [0.3, 0.4) is 0 Å². The zero-order valence-corrected chi connectivity index (χ0v) is 9.16. The van der Waals surface area contributed by atoms with Crippen molar-refractivity contribution in [3.8, 4) is 0 Å². The lowest BCUT2D eigenvalue weighted by Gasteiger charge is -2.09. The largest absolute Gasteiger partial charge is 0.385 e. The van der Waals surface area contributed by atoms with Gasteiger partial charge in [0.1, 0.15) is 11.9 Å². The first-order valence-electron chi connectivity index (χ1n) is 4.69. The molecule has 4 nitrogen and oxygen atoms in total. The van der Waals surface area contributed by atoms with Crippen LogP contribution in [0.15, 0.2) is 12.3 Å². The van der Waals surface area contributed by atoms with Crippen molar-refractivity contribution in [1.29, 1.82) is 0 Å². The van der Waals surface area contributed by atoms with Crippen LogP contribution in [0, 0.1) is 0 Å². The molecule has 1 heterocycles. The Bertz CT molecular complexity index is 368. The van der Waals surface area contributed by atoms with Gasteiger partial charge in [0, 0.05) is 6.20 Å². The van der Waals surface area contributed by atoms with Crippen LogP contribution in [0.2, 0.25) is 5.02 Å². The number of hydrogen-bond acceptors (Lipinski definition) is 4. The highest BCUT2D eigenvalue weighted by molar-refractivity contribution is 6.31. The maximum Gasteiger partial charge on any atom is 0.195 e. The number of Topliss-reactive ketones (excluding diaryl/α,β-unsaturated/α-hetero) is 1. The lowest BCUT2D eigenvalue weighted by molar-refractivity contribution is 0.0730. The average Bonchev–Trinajstić information content (AvgIpc) is 2.21. The molecule has 0 saturated heterocycles. The molecular weight excluding hydrogens is 216 g/mol. The van der Waals surface area contributed by atoms with Gasteiger partial charge in [0.2, 0.25) is 0 Å². The maximum absolute atomic E-state index is 11.7. The number of carbonyl (C=O) groups excluding carboxylic acids is 1. The number of halogens is 1.